The summed E-state index contributed by atoms with van der Waals surface area (Å²) in [5.41, 5.74) is 8.48. The molecule has 3 rings (SSSR count). The van der Waals surface area contributed by atoms with Crippen molar-refractivity contribution in [2.45, 2.75) is 6.92 Å². The minimum Gasteiger partial charge on any atom is -0.478 e. The molecule has 0 bridgehead atoms. The Morgan fingerprint density at radius 1 is 1.16 bits per heavy atom. The number of allylic oxidation sites excluding steroid dienone is 2. The molecule has 3 N–H and O–H groups in total. The fourth-order valence-corrected chi connectivity index (χ4v) is 2.45. The van der Waals surface area contributed by atoms with Crippen LogP contribution in [0.4, 0.5) is 5.69 Å². The molecule has 130 valence electrons. The third kappa shape index (κ3) is 6.00. The molecule has 0 fully saturated rings. The zero-order chi connectivity index (χ0) is 18.2. The van der Waals surface area contributed by atoms with Crippen molar-refractivity contribution in [3.05, 3.63) is 70.2 Å². The molecular weight excluding hydrogens is 386 g/mol. The standard InChI is InChI=1S/C12H10O4.C7H8BrN/c13-12(14)4-2-1-3-9-5-6-10-11(7-9)16-8-15-10;1-5-2-3-7(9)6(8)4-5/h1-7H,8H2,(H,13,14);2-4H,9H2,1H3/b3-1-,4-2+;. The molecule has 5 nitrogen and oxygen atoms in total. The zero-order valence-corrected chi connectivity index (χ0v) is 15.2. The van der Waals surface area contributed by atoms with Gasteiger partial charge in [-0.05, 0) is 58.2 Å². The highest BCUT2D eigenvalue weighted by Gasteiger charge is 2.11. The minimum atomic E-state index is -0.963. The van der Waals surface area contributed by atoms with Crippen molar-refractivity contribution in [2.75, 3.05) is 12.5 Å². The van der Waals surface area contributed by atoms with Crippen LogP contribution >= 0.6 is 15.9 Å². The maximum Gasteiger partial charge on any atom is 0.328 e. The number of anilines is 1. The topological polar surface area (TPSA) is 81.8 Å². The molecular formula is C19H18BrNO4. The Morgan fingerprint density at radius 3 is 2.60 bits per heavy atom. The number of nitrogens with two attached hydrogens (primary N) is 1. The normalized spacial score (nSPS) is 12.2. The van der Waals surface area contributed by atoms with Gasteiger partial charge in [0.15, 0.2) is 11.5 Å². The molecule has 0 amide bonds. The molecule has 0 aliphatic carbocycles. The summed E-state index contributed by atoms with van der Waals surface area (Å²) in [7, 11) is 0. The van der Waals surface area contributed by atoms with E-state index in [0.717, 1.165) is 27.5 Å². The van der Waals surface area contributed by atoms with E-state index in [1.54, 1.807) is 12.2 Å². The highest BCUT2D eigenvalue weighted by atomic mass is 79.9. The highest BCUT2D eigenvalue weighted by Crippen LogP contribution is 2.32. The predicted molar refractivity (Wildman–Crippen MR) is 102 cm³/mol. The molecule has 25 heavy (non-hydrogen) atoms. The third-order valence-corrected chi connectivity index (χ3v) is 3.88. The first-order valence-corrected chi connectivity index (χ1v) is 8.24. The van der Waals surface area contributed by atoms with E-state index >= 15 is 0 Å². The molecule has 0 saturated carbocycles. The van der Waals surface area contributed by atoms with Crippen LogP contribution in [0.25, 0.3) is 6.08 Å². The number of rotatable bonds is 3. The Bertz CT molecular complexity index is 815. The van der Waals surface area contributed by atoms with E-state index < -0.39 is 5.97 Å². The summed E-state index contributed by atoms with van der Waals surface area (Å²) in [4.78, 5) is 10.2. The van der Waals surface area contributed by atoms with Crippen LogP contribution in [-0.4, -0.2) is 17.9 Å². The Morgan fingerprint density at radius 2 is 1.92 bits per heavy atom. The lowest BCUT2D eigenvalue weighted by Crippen LogP contribution is -1.92. The molecule has 0 atom stereocenters. The van der Waals surface area contributed by atoms with Crippen molar-refractivity contribution >= 4 is 33.7 Å². The lowest BCUT2D eigenvalue weighted by atomic mass is 10.2. The van der Waals surface area contributed by atoms with Gasteiger partial charge in [-0.3, -0.25) is 0 Å². The molecule has 1 aliphatic rings. The molecule has 2 aromatic rings. The number of hydrogen-bond donors (Lipinski definition) is 2. The van der Waals surface area contributed by atoms with Crippen LogP contribution in [0.2, 0.25) is 0 Å². The van der Waals surface area contributed by atoms with Crippen LogP contribution in [-0.2, 0) is 4.79 Å². The number of carboxylic acids is 1. The first kappa shape index (κ1) is 18.6. The van der Waals surface area contributed by atoms with Gasteiger partial charge in [0.2, 0.25) is 6.79 Å². The molecule has 0 aromatic heterocycles. The summed E-state index contributed by atoms with van der Waals surface area (Å²) >= 11 is 3.32. The average Bonchev–Trinajstić information content (AvgIpc) is 3.03. The Hall–Kier alpha value is -2.73. The quantitative estimate of drug-likeness (QED) is 0.450. The minimum absolute atomic E-state index is 0.251. The highest BCUT2D eigenvalue weighted by molar-refractivity contribution is 9.10. The van der Waals surface area contributed by atoms with Crippen molar-refractivity contribution < 1.29 is 19.4 Å². The first-order valence-electron chi connectivity index (χ1n) is 7.44. The summed E-state index contributed by atoms with van der Waals surface area (Å²) in [5.74, 6) is 0.484. The van der Waals surface area contributed by atoms with E-state index in [0.29, 0.717) is 5.75 Å². The van der Waals surface area contributed by atoms with Gasteiger partial charge in [-0.2, -0.15) is 0 Å². The van der Waals surface area contributed by atoms with Crippen LogP contribution in [0.3, 0.4) is 0 Å². The molecule has 0 saturated heterocycles. The number of benzene rings is 2. The SMILES string of the molecule is Cc1ccc(N)c(Br)c1.O=C(O)/C=C/C=C\c1ccc2c(c1)OCO2. The molecule has 0 unspecified atom stereocenters. The summed E-state index contributed by atoms with van der Waals surface area (Å²) in [6, 6.07) is 11.4. The summed E-state index contributed by atoms with van der Waals surface area (Å²) in [6.07, 6.45) is 5.99. The number of hydrogen-bond acceptors (Lipinski definition) is 4. The van der Waals surface area contributed by atoms with Gasteiger partial charge >= 0.3 is 5.97 Å². The number of halogens is 1. The number of aryl methyl sites for hydroxylation is 1. The van der Waals surface area contributed by atoms with E-state index in [9.17, 15) is 4.79 Å². The Kier molecular flexibility index (Phi) is 6.65. The molecule has 2 aromatic carbocycles. The number of carbonyl (C=O) groups is 1. The monoisotopic (exact) mass is 403 g/mol. The summed E-state index contributed by atoms with van der Waals surface area (Å²) in [5, 5.41) is 8.38. The Balaban J connectivity index is 0.000000212. The molecule has 6 heteroatoms. The van der Waals surface area contributed by atoms with Gasteiger partial charge < -0.3 is 20.3 Å². The second-order valence-electron chi connectivity index (χ2n) is 5.19. The Labute approximate surface area is 154 Å². The van der Waals surface area contributed by atoms with Crippen LogP contribution in [0.5, 0.6) is 11.5 Å². The van der Waals surface area contributed by atoms with Crippen molar-refractivity contribution in [3.63, 3.8) is 0 Å². The maximum atomic E-state index is 10.2. The average molecular weight is 404 g/mol. The zero-order valence-electron chi connectivity index (χ0n) is 13.6. The summed E-state index contributed by atoms with van der Waals surface area (Å²) < 4.78 is 11.4. The smallest absolute Gasteiger partial charge is 0.328 e. The van der Waals surface area contributed by atoms with Gasteiger partial charge in [0.1, 0.15) is 0 Å². The van der Waals surface area contributed by atoms with Gasteiger partial charge in [0, 0.05) is 16.2 Å². The first-order chi connectivity index (χ1) is 12.0. The van der Waals surface area contributed by atoms with Crippen molar-refractivity contribution in [2.24, 2.45) is 0 Å². The lowest BCUT2D eigenvalue weighted by Gasteiger charge is -1.96. The fourth-order valence-electron chi connectivity index (χ4n) is 1.95. The van der Waals surface area contributed by atoms with Crippen molar-refractivity contribution in [3.8, 4) is 11.5 Å². The number of carboxylic acid groups (broad SMARTS) is 1. The molecule has 1 aliphatic heterocycles. The number of fused-ring (bicyclic) bond motifs is 1. The van der Waals surface area contributed by atoms with Crippen LogP contribution in [0.1, 0.15) is 11.1 Å². The van der Waals surface area contributed by atoms with Gasteiger partial charge in [0.25, 0.3) is 0 Å². The number of nitrogen functional groups attached to an aromatic ring is 1. The van der Waals surface area contributed by atoms with Gasteiger partial charge in [0.05, 0.1) is 0 Å². The van der Waals surface area contributed by atoms with E-state index in [2.05, 4.69) is 15.9 Å². The number of ether oxygens (including phenoxy) is 2. The summed E-state index contributed by atoms with van der Waals surface area (Å²) in [6.45, 7) is 2.28. The second kappa shape index (κ2) is 8.94. The van der Waals surface area contributed by atoms with Crippen molar-refractivity contribution in [1.82, 2.24) is 0 Å². The van der Waals surface area contributed by atoms with Crippen LogP contribution in [0.15, 0.2) is 59.1 Å². The predicted octanol–water partition coefficient (Wildman–Crippen LogP) is 4.41. The van der Waals surface area contributed by atoms with Crippen molar-refractivity contribution in [1.29, 1.82) is 0 Å². The van der Waals surface area contributed by atoms with Gasteiger partial charge in [-0.15, -0.1) is 0 Å². The van der Waals surface area contributed by atoms with Gasteiger partial charge in [-0.25, -0.2) is 4.79 Å². The van der Waals surface area contributed by atoms with E-state index in [1.165, 1.54) is 11.6 Å². The van der Waals surface area contributed by atoms with E-state index in [-0.39, 0.29) is 6.79 Å². The largest absolute Gasteiger partial charge is 0.478 e. The third-order valence-electron chi connectivity index (χ3n) is 3.19. The van der Waals surface area contributed by atoms with E-state index in [1.807, 2.05) is 43.3 Å². The fraction of sp³-hybridized carbons (Fsp3) is 0.105. The lowest BCUT2D eigenvalue weighted by molar-refractivity contribution is -0.131. The van der Waals surface area contributed by atoms with Crippen LogP contribution < -0.4 is 15.2 Å². The van der Waals surface area contributed by atoms with Crippen LogP contribution in [0, 0.1) is 6.92 Å². The maximum absolute atomic E-state index is 10.2. The second-order valence-corrected chi connectivity index (χ2v) is 6.05. The molecule has 0 spiro atoms. The molecule has 1 heterocycles. The number of aliphatic carboxylic acids is 1. The molecule has 0 radical (unpaired) electrons. The van der Waals surface area contributed by atoms with E-state index in [4.69, 9.17) is 20.3 Å². The van der Waals surface area contributed by atoms with Gasteiger partial charge in [-0.1, -0.05) is 30.4 Å².